The summed E-state index contributed by atoms with van der Waals surface area (Å²) in [5, 5.41) is 18.6. The molecule has 1 saturated heterocycles. The second-order valence-electron chi connectivity index (χ2n) is 5.71. The van der Waals surface area contributed by atoms with Gasteiger partial charge < -0.3 is 0 Å². The number of anilines is 1. The molecule has 2 N–H and O–H groups in total. The summed E-state index contributed by atoms with van der Waals surface area (Å²) < 4.78 is 0.880. The van der Waals surface area contributed by atoms with Crippen molar-refractivity contribution in [3.8, 4) is 0 Å². The van der Waals surface area contributed by atoms with E-state index in [1.165, 1.54) is 11.3 Å². The van der Waals surface area contributed by atoms with E-state index in [1.807, 2.05) is 6.92 Å². The molecular weight excluding hydrogens is 346 g/mol. The molecule has 1 aliphatic rings. The number of thioether (sulfide) groups is 1. The highest BCUT2D eigenvalue weighted by atomic mass is 32.2. The van der Waals surface area contributed by atoms with Crippen LogP contribution in [0.3, 0.4) is 0 Å². The maximum Gasteiger partial charge on any atom is 0.240 e. The zero-order valence-electron chi connectivity index (χ0n) is 13.8. The summed E-state index contributed by atoms with van der Waals surface area (Å²) in [7, 11) is 0. The van der Waals surface area contributed by atoms with E-state index >= 15 is 0 Å². The molecule has 130 valence electrons. The SMILES string of the molecule is CCSc1nnc(NC(=O)CN2CCC[C@@H](c3n[nH]c(C)n3)C2)s1. The van der Waals surface area contributed by atoms with E-state index in [0.29, 0.717) is 11.7 Å². The summed E-state index contributed by atoms with van der Waals surface area (Å²) in [6.45, 7) is 6.04. The van der Waals surface area contributed by atoms with E-state index in [-0.39, 0.29) is 11.8 Å². The third kappa shape index (κ3) is 4.52. The molecule has 0 aromatic carbocycles. The maximum absolute atomic E-state index is 12.2. The monoisotopic (exact) mass is 367 g/mol. The highest BCUT2D eigenvalue weighted by Gasteiger charge is 2.25. The number of aryl methyl sites for hydroxylation is 1. The third-order valence-corrected chi connectivity index (χ3v) is 5.63. The van der Waals surface area contributed by atoms with Crippen LogP contribution in [0.1, 0.15) is 37.3 Å². The van der Waals surface area contributed by atoms with Gasteiger partial charge in [-0.15, -0.1) is 10.2 Å². The van der Waals surface area contributed by atoms with Gasteiger partial charge >= 0.3 is 0 Å². The van der Waals surface area contributed by atoms with E-state index in [4.69, 9.17) is 0 Å². The van der Waals surface area contributed by atoms with Crippen molar-refractivity contribution in [1.29, 1.82) is 0 Å². The van der Waals surface area contributed by atoms with Crippen LogP contribution in [0.5, 0.6) is 0 Å². The standard InChI is InChI=1S/C14H21N7OS2/c1-3-23-14-20-19-13(24-14)16-11(22)8-21-6-4-5-10(7-21)12-15-9(2)17-18-12/h10H,3-8H2,1-2H3,(H,15,17,18)(H,16,19,22)/t10-/m1/s1. The second kappa shape index (κ2) is 8.04. The molecule has 3 rings (SSSR count). The Morgan fingerprint density at radius 3 is 3.12 bits per heavy atom. The summed E-state index contributed by atoms with van der Waals surface area (Å²) >= 11 is 3.04. The topological polar surface area (TPSA) is 99.7 Å². The van der Waals surface area contributed by atoms with E-state index in [1.54, 1.807) is 11.8 Å². The van der Waals surface area contributed by atoms with Crippen LogP contribution in [-0.2, 0) is 4.79 Å². The van der Waals surface area contributed by atoms with Crippen molar-refractivity contribution in [3.63, 3.8) is 0 Å². The number of hydrogen-bond donors (Lipinski definition) is 2. The molecule has 0 radical (unpaired) electrons. The van der Waals surface area contributed by atoms with Crippen LogP contribution < -0.4 is 5.32 Å². The molecule has 0 saturated carbocycles. The summed E-state index contributed by atoms with van der Waals surface area (Å²) in [6.07, 6.45) is 2.10. The predicted molar refractivity (Wildman–Crippen MR) is 94.5 cm³/mol. The van der Waals surface area contributed by atoms with Gasteiger partial charge in [-0.05, 0) is 32.1 Å². The Balaban J connectivity index is 1.51. The fourth-order valence-electron chi connectivity index (χ4n) is 2.76. The number of likely N-dealkylation sites (tertiary alicyclic amines) is 1. The van der Waals surface area contributed by atoms with E-state index in [2.05, 4.69) is 42.5 Å². The molecule has 1 amide bonds. The number of amides is 1. The summed E-state index contributed by atoms with van der Waals surface area (Å²) in [5.74, 6) is 2.86. The molecule has 0 spiro atoms. The van der Waals surface area contributed by atoms with Gasteiger partial charge in [0.15, 0.2) is 10.2 Å². The fraction of sp³-hybridized carbons (Fsp3) is 0.643. The second-order valence-corrected chi connectivity index (χ2v) is 8.20. The zero-order valence-corrected chi connectivity index (χ0v) is 15.4. The van der Waals surface area contributed by atoms with Crippen molar-refractivity contribution in [3.05, 3.63) is 11.6 Å². The first-order valence-electron chi connectivity index (χ1n) is 8.01. The van der Waals surface area contributed by atoms with Gasteiger partial charge in [0.1, 0.15) is 5.82 Å². The lowest BCUT2D eigenvalue weighted by Gasteiger charge is -2.30. The fourth-order valence-corrected chi connectivity index (χ4v) is 4.42. The molecule has 1 aliphatic heterocycles. The van der Waals surface area contributed by atoms with Crippen LogP contribution in [0.15, 0.2) is 4.34 Å². The normalized spacial score (nSPS) is 18.7. The molecule has 0 bridgehead atoms. The first-order valence-corrected chi connectivity index (χ1v) is 9.81. The molecule has 1 atom stereocenters. The van der Waals surface area contributed by atoms with E-state index in [9.17, 15) is 4.79 Å². The van der Waals surface area contributed by atoms with Gasteiger partial charge in [0.25, 0.3) is 0 Å². The summed E-state index contributed by atoms with van der Waals surface area (Å²) in [4.78, 5) is 18.8. The number of aromatic amines is 1. The van der Waals surface area contributed by atoms with Gasteiger partial charge in [0.2, 0.25) is 11.0 Å². The minimum Gasteiger partial charge on any atom is -0.299 e. The van der Waals surface area contributed by atoms with Crippen molar-refractivity contribution >= 4 is 34.1 Å². The van der Waals surface area contributed by atoms with Crippen LogP contribution in [0.25, 0.3) is 0 Å². The molecular formula is C14H21N7OS2. The van der Waals surface area contributed by atoms with E-state index in [0.717, 1.165) is 47.7 Å². The molecule has 0 aliphatic carbocycles. The number of rotatable bonds is 6. The van der Waals surface area contributed by atoms with Crippen molar-refractivity contribution < 1.29 is 4.79 Å². The molecule has 2 aromatic heterocycles. The Kier molecular flexibility index (Phi) is 5.80. The molecule has 8 nitrogen and oxygen atoms in total. The lowest BCUT2D eigenvalue weighted by molar-refractivity contribution is -0.117. The number of hydrogen-bond acceptors (Lipinski definition) is 8. The van der Waals surface area contributed by atoms with Crippen molar-refractivity contribution in [2.45, 2.75) is 36.9 Å². The Hall–Kier alpha value is -1.52. The largest absolute Gasteiger partial charge is 0.299 e. The molecule has 3 heterocycles. The quantitative estimate of drug-likeness (QED) is 0.594. The Morgan fingerprint density at radius 1 is 1.50 bits per heavy atom. The van der Waals surface area contributed by atoms with Crippen LogP contribution in [0.4, 0.5) is 5.13 Å². The van der Waals surface area contributed by atoms with Crippen molar-refractivity contribution in [1.82, 2.24) is 30.3 Å². The number of aromatic nitrogens is 5. The minimum absolute atomic E-state index is 0.0500. The first-order chi connectivity index (χ1) is 11.6. The molecule has 2 aromatic rings. The highest BCUT2D eigenvalue weighted by molar-refractivity contribution is 8.01. The van der Waals surface area contributed by atoms with Crippen molar-refractivity contribution in [2.24, 2.45) is 0 Å². The van der Waals surface area contributed by atoms with Crippen LogP contribution in [0.2, 0.25) is 0 Å². The van der Waals surface area contributed by atoms with Crippen LogP contribution in [0, 0.1) is 6.92 Å². The average molecular weight is 368 g/mol. The van der Waals surface area contributed by atoms with Gasteiger partial charge in [-0.1, -0.05) is 30.0 Å². The summed E-state index contributed by atoms with van der Waals surface area (Å²) in [6, 6.07) is 0. The molecule has 24 heavy (non-hydrogen) atoms. The van der Waals surface area contributed by atoms with Crippen LogP contribution in [-0.4, -0.2) is 61.6 Å². The van der Waals surface area contributed by atoms with E-state index < -0.39 is 0 Å². The lowest BCUT2D eigenvalue weighted by atomic mass is 9.97. The van der Waals surface area contributed by atoms with Crippen molar-refractivity contribution in [2.75, 3.05) is 30.7 Å². The predicted octanol–water partition coefficient (Wildman–Crippen LogP) is 1.89. The van der Waals surface area contributed by atoms with Crippen LogP contribution >= 0.6 is 23.1 Å². The molecule has 1 fully saturated rings. The maximum atomic E-state index is 12.2. The van der Waals surface area contributed by atoms with Gasteiger partial charge in [-0.2, -0.15) is 5.10 Å². The summed E-state index contributed by atoms with van der Waals surface area (Å²) in [5.41, 5.74) is 0. The van der Waals surface area contributed by atoms with Gasteiger partial charge in [-0.3, -0.25) is 20.1 Å². The zero-order chi connectivity index (χ0) is 16.9. The number of carbonyl (C=O) groups excluding carboxylic acids is 1. The smallest absolute Gasteiger partial charge is 0.240 e. The average Bonchev–Trinajstić information content (AvgIpc) is 3.17. The number of nitrogens with one attached hydrogen (secondary N) is 2. The van der Waals surface area contributed by atoms with Gasteiger partial charge in [0, 0.05) is 12.5 Å². The van der Waals surface area contributed by atoms with Gasteiger partial charge in [-0.25, -0.2) is 4.98 Å². The number of carbonyl (C=O) groups is 1. The number of H-pyrrole nitrogens is 1. The van der Waals surface area contributed by atoms with Gasteiger partial charge in [0.05, 0.1) is 6.54 Å². The Morgan fingerprint density at radius 2 is 2.38 bits per heavy atom. The number of piperidine rings is 1. The lowest BCUT2D eigenvalue weighted by Crippen LogP contribution is -2.40. The Bertz CT molecular complexity index is 686. The highest BCUT2D eigenvalue weighted by Crippen LogP contribution is 2.26. The minimum atomic E-state index is -0.0500. The Labute approximate surface area is 148 Å². The number of nitrogens with zero attached hydrogens (tertiary/aromatic N) is 5. The molecule has 10 heteroatoms. The third-order valence-electron chi connectivity index (χ3n) is 3.77. The first kappa shape index (κ1) is 17.3. The molecule has 0 unspecified atom stereocenters.